The van der Waals surface area contributed by atoms with Crippen LogP contribution in [0.25, 0.3) is 0 Å². The lowest BCUT2D eigenvalue weighted by atomic mass is 9.97. The fraction of sp³-hybridized carbons (Fsp3) is 0. The van der Waals surface area contributed by atoms with E-state index < -0.39 is 0 Å². The highest BCUT2D eigenvalue weighted by atomic mass is 32.2. The predicted molar refractivity (Wildman–Crippen MR) is 193 cm³/mol. The molecule has 10 heteroatoms. The zero-order valence-corrected chi connectivity index (χ0v) is 29.0. The van der Waals surface area contributed by atoms with Crippen LogP contribution in [0.5, 0.6) is 0 Å². The lowest BCUT2D eigenvalue weighted by Gasteiger charge is -2.20. The van der Waals surface area contributed by atoms with E-state index in [0.717, 1.165) is 79.8 Å². The first-order valence-corrected chi connectivity index (χ1v) is 19.9. The van der Waals surface area contributed by atoms with E-state index in [4.69, 9.17) is 0 Å². The molecule has 0 aliphatic carbocycles. The van der Waals surface area contributed by atoms with E-state index in [1.165, 1.54) is 0 Å². The number of carbonyl (C=O) groups excluding carboxylic acids is 2. The zero-order chi connectivity index (χ0) is 29.6. The summed E-state index contributed by atoms with van der Waals surface area (Å²) < 4.78 is 3.91. The Hall–Kier alpha value is -2.02. The second kappa shape index (κ2) is 12.6. The molecule has 44 heavy (non-hydrogen) atoms. The lowest BCUT2D eigenvalue weighted by molar-refractivity contribution is -0.105. The number of allylic oxidation sites excluding steroid dienone is 4. The van der Waals surface area contributed by atoms with Crippen molar-refractivity contribution in [1.29, 1.82) is 0 Å². The quantitative estimate of drug-likeness (QED) is 0.147. The number of hydrogen-bond acceptors (Lipinski definition) is 10. The Morgan fingerprint density at radius 1 is 0.341 bits per heavy atom. The van der Waals surface area contributed by atoms with E-state index in [-0.39, 0.29) is 0 Å². The van der Waals surface area contributed by atoms with Gasteiger partial charge in [0.15, 0.2) is 12.6 Å². The Kier molecular flexibility index (Phi) is 8.44. The topological polar surface area (TPSA) is 34.1 Å². The largest absolute Gasteiger partial charge is 0.298 e. The van der Waals surface area contributed by atoms with Gasteiger partial charge in [0.2, 0.25) is 0 Å². The number of aldehydes is 2. The van der Waals surface area contributed by atoms with Gasteiger partial charge in [-0.25, -0.2) is 0 Å². The number of rotatable bonds is 5. The van der Waals surface area contributed by atoms with E-state index in [0.29, 0.717) is 11.1 Å². The van der Waals surface area contributed by atoms with Gasteiger partial charge in [-0.3, -0.25) is 9.59 Å². The van der Waals surface area contributed by atoms with Crippen LogP contribution in [0.15, 0.2) is 175 Å². The van der Waals surface area contributed by atoms with Gasteiger partial charge in [0.1, 0.15) is 0 Å². The molecule has 4 aliphatic heterocycles. The van der Waals surface area contributed by atoms with Gasteiger partial charge < -0.3 is 0 Å². The summed E-state index contributed by atoms with van der Waals surface area (Å²) in [6.45, 7) is 0. The van der Waals surface area contributed by atoms with Crippen LogP contribution in [0.1, 0.15) is 0 Å². The molecule has 0 saturated carbocycles. The number of benzene rings is 4. The van der Waals surface area contributed by atoms with Gasteiger partial charge in [-0.05, 0) is 48.5 Å². The Labute approximate surface area is 289 Å². The molecule has 0 unspecified atom stereocenters. The third-order valence-corrected chi connectivity index (χ3v) is 17.2. The summed E-state index contributed by atoms with van der Waals surface area (Å²) in [4.78, 5) is 36.0. The summed E-state index contributed by atoms with van der Waals surface area (Å²) in [5, 5.41) is 0. The van der Waals surface area contributed by atoms with Crippen molar-refractivity contribution in [2.45, 2.75) is 39.2 Å². The molecule has 4 heterocycles. The minimum Gasteiger partial charge on any atom is -0.298 e. The molecule has 0 bridgehead atoms. The van der Waals surface area contributed by atoms with E-state index in [1.54, 1.807) is 94.1 Å². The van der Waals surface area contributed by atoms with Crippen molar-refractivity contribution in [2.24, 2.45) is 0 Å². The molecule has 4 aromatic rings. The van der Waals surface area contributed by atoms with Crippen LogP contribution in [0.3, 0.4) is 0 Å². The van der Waals surface area contributed by atoms with Gasteiger partial charge in [-0.2, -0.15) is 0 Å². The van der Waals surface area contributed by atoms with Crippen LogP contribution in [0, 0.1) is 0 Å². The summed E-state index contributed by atoms with van der Waals surface area (Å²) in [5.41, 5.74) is 2.93. The monoisotopic (exact) mass is 714 g/mol. The molecule has 0 spiro atoms. The average molecular weight is 715 g/mol. The van der Waals surface area contributed by atoms with Gasteiger partial charge in [0, 0.05) is 61.5 Å². The van der Waals surface area contributed by atoms with Crippen LogP contribution in [0.2, 0.25) is 0 Å². The highest BCUT2D eigenvalue weighted by Gasteiger charge is 2.35. The third kappa shape index (κ3) is 5.41. The van der Waals surface area contributed by atoms with Crippen LogP contribution >= 0.6 is 94.1 Å². The maximum absolute atomic E-state index is 13.4. The van der Waals surface area contributed by atoms with E-state index in [2.05, 4.69) is 48.5 Å². The highest BCUT2D eigenvalue weighted by molar-refractivity contribution is 8.26. The number of fused-ring (bicyclic) bond motifs is 4. The first-order valence-electron chi connectivity index (χ1n) is 13.4. The second-order valence-corrected chi connectivity index (χ2v) is 19.0. The highest BCUT2D eigenvalue weighted by Crippen LogP contribution is 2.62. The van der Waals surface area contributed by atoms with Crippen molar-refractivity contribution >= 4 is 107 Å². The molecule has 0 N–H and O–H groups in total. The van der Waals surface area contributed by atoms with Crippen molar-refractivity contribution in [3.8, 4) is 0 Å². The first-order chi connectivity index (χ1) is 21.7. The van der Waals surface area contributed by atoms with Crippen LogP contribution in [-0.2, 0) is 9.59 Å². The van der Waals surface area contributed by atoms with Crippen molar-refractivity contribution in [2.75, 3.05) is 0 Å². The van der Waals surface area contributed by atoms with Crippen LogP contribution < -0.4 is 0 Å². The molecule has 0 radical (unpaired) electrons. The Balaban J connectivity index is 1.39. The standard InChI is InChI=1S/C34H18O2S8/c35-17-19(31-37-21-9-1-2-10-22(21)38-31)29(33-41-25-13-5-6-14-26(25)42-33)30(34-43-27-15-7-8-16-28(27)44-34)20(18-36)32-39-23-11-3-4-12-24(23)40-32/h1-18H. The van der Waals surface area contributed by atoms with E-state index in [1.807, 2.05) is 48.5 Å². The van der Waals surface area contributed by atoms with Crippen LogP contribution in [0.4, 0.5) is 0 Å². The molecule has 2 nitrogen and oxygen atoms in total. The maximum Gasteiger partial charge on any atom is 0.152 e. The van der Waals surface area contributed by atoms with Crippen molar-refractivity contribution in [1.82, 2.24) is 0 Å². The first kappa shape index (κ1) is 29.4. The van der Waals surface area contributed by atoms with Crippen LogP contribution in [-0.4, -0.2) is 12.6 Å². The number of carbonyl (C=O) groups is 2. The van der Waals surface area contributed by atoms with E-state index in [9.17, 15) is 9.59 Å². The summed E-state index contributed by atoms with van der Waals surface area (Å²) in [6.07, 6.45) is 2.00. The predicted octanol–water partition coefficient (Wildman–Crippen LogP) is 11.8. The van der Waals surface area contributed by atoms with Gasteiger partial charge in [0.05, 0.1) is 16.9 Å². The zero-order valence-electron chi connectivity index (χ0n) is 22.5. The minimum absolute atomic E-state index is 0.629. The molecule has 0 atom stereocenters. The van der Waals surface area contributed by atoms with E-state index >= 15 is 0 Å². The number of hydrogen-bond donors (Lipinski definition) is 0. The number of thioether (sulfide) groups is 8. The smallest absolute Gasteiger partial charge is 0.152 e. The van der Waals surface area contributed by atoms with Gasteiger partial charge in [-0.1, -0.05) is 143 Å². The Bertz CT molecular complexity index is 1770. The summed E-state index contributed by atoms with van der Waals surface area (Å²) in [6, 6.07) is 33.2. The molecule has 0 saturated heterocycles. The fourth-order valence-electron chi connectivity index (χ4n) is 4.89. The van der Waals surface area contributed by atoms with Gasteiger partial charge >= 0.3 is 0 Å². The molecule has 0 amide bonds. The van der Waals surface area contributed by atoms with Gasteiger partial charge in [-0.15, -0.1) is 0 Å². The molecule has 8 rings (SSSR count). The summed E-state index contributed by atoms with van der Waals surface area (Å²) in [7, 11) is 0. The summed E-state index contributed by atoms with van der Waals surface area (Å²) >= 11 is 13.3. The van der Waals surface area contributed by atoms with Crippen molar-refractivity contribution < 1.29 is 9.59 Å². The molecule has 0 fully saturated rings. The second-order valence-electron chi connectivity index (χ2n) is 9.57. The fourth-order valence-corrected chi connectivity index (χ4v) is 15.1. The van der Waals surface area contributed by atoms with Gasteiger partial charge in [0.25, 0.3) is 0 Å². The molecule has 4 aromatic carbocycles. The SMILES string of the molecule is O=CC(=C1Sc2ccccc2S1)C(=C1Sc2ccccc2S1)C(=C1Sc2ccccc2S1)C(C=O)=C1Sc2ccccc2S1. The maximum atomic E-state index is 13.4. The normalized spacial score (nSPS) is 15.9. The Morgan fingerprint density at radius 3 is 0.750 bits per heavy atom. The van der Waals surface area contributed by atoms with Crippen molar-refractivity contribution in [3.05, 3.63) is 136 Å². The lowest BCUT2D eigenvalue weighted by Crippen LogP contribution is -2.06. The average Bonchev–Trinajstić information content (AvgIpc) is 3.85. The third-order valence-electron chi connectivity index (χ3n) is 6.89. The summed E-state index contributed by atoms with van der Waals surface area (Å²) in [5.74, 6) is 0. The minimum atomic E-state index is 0.629. The van der Waals surface area contributed by atoms with Crippen molar-refractivity contribution in [3.63, 3.8) is 0 Å². The molecule has 0 aromatic heterocycles. The molecular weight excluding hydrogens is 697 g/mol. The molecule has 214 valence electrons. The molecule has 4 aliphatic rings. The molecular formula is C34H18O2S8. The Morgan fingerprint density at radius 2 is 0.545 bits per heavy atom.